The van der Waals surface area contributed by atoms with E-state index in [0.29, 0.717) is 22.2 Å². The molecular formula is C19H10N4O2. The van der Waals surface area contributed by atoms with Crippen LogP contribution in [0.2, 0.25) is 0 Å². The third-order valence-electron chi connectivity index (χ3n) is 4.99. The Labute approximate surface area is 139 Å². The van der Waals surface area contributed by atoms with Crippen LogP contribution in [0.1, 0.15) is 27.1 Å². The molecule has 1 aliphatic rings. The van der Waals surface area contributed by atoms with Gasteiger partial charge in [0.15, 0.2) is 11.6 Å². The Morgan fingerprint density at radius 2 is 1.24 bits per heavy atom. The third-order valence-corrected chi connectivity index (χ3v) is 4.99. The van der Waals surface area contributed by atoms with Gasteiger partial charge in [0.2, 0.25) is 0 Å². The first-order valence-electron chi connectivity index (χ1n) is 7.99. The molecule has 25 heavy (non-hydrogen) atoms. The van der Waals surface area contributed by atoms with Crippen LogP contribution >= 0.6 is 0 Å². The third kappa shape index (κ3) is 1.40. The van der Waals surface area contributed by atoms with Gasteiger partial charge in [0.05, 0.1) is 39.5 Å². The molecule has 0 fully saturated rings. The first-order chi connectivity index (χ1) is 12.2. The average molecular weight is 326 g/mol. The highest BCUT2D eigenvalue weighted by atomic mass is 16.2. The molecule has 0 spiro atoms. The van der Waals surface area contributed by atoms with Gasteiger partial charge in [-0.1, -0.05) is 0 Å². The minimum atomic E-state index is -0.149. The lowest BCUT2D eigenvalue weighted by atomic mass is 9.99. The van der Waals surface area contributed by atoms with Gasteiger partial charge in [0, 0.05) is 34.3 Å². The molecule has 1 aliphatic carbocycles. The highest BCUT2D eigenvalue weighted by Crippen LogP contribution is 2.42. The molecule has 0 saturated heterocycles. The molecule has 1 aromatic carbocycles. The van der Waals surface area contributed by atoms with Gasteiger partial charge in [0.25, 0.3) is 0 Å². The maximum absolute atomic E-state index is 12.6. The maximum Gasteiger partial charge on any atom is 0.172 e. The number of fused-ring (bicyclic) bond motifs is 10. The quantitative estimate of drug-likeness (QED) is 0.426. The number of nitrogens with zero attached hydrogens (tertiary/aromatic N) is 2. The number of carbonyl (C=O) groups excluding carboxylic acids is 2. The first kappa shape index (κ1) is 12.8. The van der Waals surface area contributed by atoms with Crippen LogP contribution in [-0.4, -0.2) is 31.5 Å². The fourth-order valence-electron chi connectivity index (χ4n) is 4.03. The van der Waals surface area contributed by atoms with E-state index in [1.165, 1.54) is 0 Å². The second-order valence-corrected chi connectivity index (χ2v) is 6.32. The van der Waals surface area contributed by atoms with E-state index in [0.717, 1.165) is 32.8 Å². The van der Waals surface area contributed by atoms with Crippen molar-refractivity contribution in [2.45, 2.75) is 6.42 Å². The summed E-state index contributed by atoms with van der Waals surface area (Å²) in [5.41, 5.74) is 5.65. The van der Waals surface area contributed by atoms with Gasteiger partial charge in [-0.3, -0.25) is 19.6 Å². The minimum absolute atomic E-state index is 0.0947. The van der Waals surface area contributed by atoms with Crippen LogP contribution in [0.3, 0.4) is 0 Å². The predicted octanol–water partition coefficient (Wildman–Crippen LogP) is 3.51. The summed E-state index contributed by atoms with van der Waals surface area (Å²) in [5.74, 6) is -0.299. The summed E-state index contributed by atoms with van der Waals surface area (Å²) in [7, 11) is 0. The van der Waals surface area contributed by atoms with E-state index in [-0.39, 0.29) is 18.0 Å². The van der Waals surface area contributed by atoms with E-state index >= 15 is 0 Å². The predicted molar refractivity (Wildman–Crippen MR) is 94.0 cm³/mol. The largest absolute Gasteiger partial charge is 0.351 e. The van der Waals surface area contributed by atoms with E-state index in [1.54, 1.807) is 12.4 Å². The molecule has 0 aliphatic heterocycles. The second kappa shape index (κ2) is 4.10. The van der Waals surface area contributed by atoms with Crippen molar-refractivity contribution >= 4 is 55.4 Å². The average Bonchev–Trinajstić information content (AvgIpc) is 3.26. The SMILES string of the molecule is O=C1CC(=O)c2c1c1c3ncccc3[nH]c1c1[nH]c3cccnc3c21. The van der Waals surface area contributed by atoms with Gasteiger partial charge in [-0.2, -0.15) is 0 Å². The minimum Gasteiger partial charge on any atom is -0.351 e. The van der Waals surface area contributed by atoms with Crippen LogP contribution in [0.25, 0.3) is 43.9 Å². The standard InChI is InChI=1S/C19H10N4O2/c24-10-7-11(25)13-12(10)14-16-8(3-1-5-20-16)22-18(14)19-15(13)17-9(23-19)4-2-6-21-17/h1-6,22-23H,7H2. The molecule has 118 valence electrons. The highest BCUT2D eigenvalue weighted by Gasteiger charge is 2.35. The van der Waals surface area contributed by atoms with E-state index in [9.17, 15) is 9.59 Å². The van der Waals surface area contributed by atoms with Gasteiger partial charge >= 0.3 is 0 Å². The van der Waals surface area contributed by atoms with Gasteiger partial charge in [-0.25, -0.2) is 0 Å². The molecule has 6 nitrogen and oxygen atoms in total. The van der Waals surface area contributed by atoms with Crippen molar-refractivity contribution < 1.29 is 9.59 Å². The van der Waals surface area contributed by atoms with Crippen molar-refractivity contribution in [2.24, 2.45) is 0 Å². The normalized spacial score (nSPS) is 14.4. The number of carbonyl (C=O) groups is 2. The molecule has 6 rings (SSSR count). The fourth-order valence-corrected chi connectivity index (χ4v) is 4.03. The van der Waals surface area contributed by atoms with Gasteiger partial charge in [0.1, 0.15) is 0 Å². The van der Waals surface area contributed by atoms with Crippen molar-refractivity contribution in [3.8, 4) is 0 Å². The zero-order valence-corrected chi connectivity index (χ0v) is 12.9. The number of rotatable bonds is 0. The molecule has 0 atom stereocenters. The van der Waals surface area contributed by atoms with Crippen LogP contribution in [0.15, 0.2) is 36.7 Å². The Balaban J connectivity index is 2.04. The zero-order chi connectivity index (χ0) is 16.7. The fraction of sp³-hybridized carbons (Fsp3) is 0.0526. The monoisotopic (exact) mass is 326 g/mol. The summed E-state index contributed by atoms with van der Waals surface area (Å²) < 4.78 is 0. The van der Waals surface area contributed by atoms with Crippen molar-refractivity contribution in [2.75, 3.05) is 0 Å². The molecule has 0 amide bonds. The zero-order valence-electron chi connectivity index (χ0n) is 12.9. The maximum atomic E-state index is 12.6. The van der Waals surface area contributed by atoms with Crippen molar-refractivity contribution in [1.29, 1.82) is 0 Å². The number of hydrogen-bond donors (Lipinski definition) is 2. The lowest BCUT2D eigenvalue weighted by molar-refractivity contribution is 0.0924. The smallest absolute Gasteiger partial charge is 0.172 e. The van der Waals surface area contributed by atoms with Crippen molar-refractivity contribution in [1.82, 2.24) is 19.9 Å². The van der Waals surface area contributed by atoms with Crippen molar-refractivity contribution in [3.05, 3.63) is 47.8 Å². The summed E-state index contributed by atoms with van der Waals surface area (Å²) in [6, 6.07) is 7.52. The number of benzene rings is 1. The molecule has 4 heterocycles. The number of Topliss-reactive ketones (excluding diaryl/α,β-unsaturated/α-hetero) is 2. The highest BCUT2D eigenvalue weighted by molar-refractivity contribution is 6.39. The Morgan fingerprint density at radius 1 is 0.760 bits per heavy atom. The van der Waals surface area contributed by atoms with Gasteiger partial charge < -0.3 is 9.97 Å². The first-order valence-corrected chi connectivity index (χ1v) is 7.99. The van der Waals surface area contributed by atoms with E-state index in [2.05, 4.69) is 19.9 Å². The summed E-state index contributed by atoms with van der Waals surface area (Å²) in [6.45, 7) is 0. The molecule has 0 bridgehead atoms. The van der Waals surface area contributed by atoms with Gasteiger partial charge in [-0.15, -0.1) is 0 Å². The number of ketones is 2. The van der Waals surface area contributed by atoms with E-state index in [4.69, 9.17) is 0 Å². The van der Waals surface area contributed by atoms with Gasteiger partial charge in [-0.05, 0) is 24.3 Å². The summed E-state index contributed by atoms with van der Waals surface area (Å²) in [5, 5.41) is 1.45. The number of aromatic nitrogens is 4. The van der Waals surface area contributed by atoms with Crippen molar-refractivity contribution in [3.63, 3.8) is 0 Å². The van der Waals surface area contributed by atoms with Crippen LogP contribution in [0, 0.1) is 0 Å². The molecule has 0 radical (unpaired) electrons. The summed E-state index contributed by atoms with van der Waals surface area (Å²) in [4.78, 5) is 40.9. The molecule has 0 unspecified atom stereocenters. The number of nitrogens with one attached hydrogen (secondary N) is 2. The Kier molecular flexibility index (Phi) is 2.11. The molecular weight excluding hydrogens is 316 g/mol. The Hall–Kier alpha value is -3.54. The number of aromatic amines is 2. The molecule has 6 heteroatoms. The van der Waals surface area contributed by atoms with Crippen LogP contribution in [0.4, 0.5) is 0 Å². The topological polar surface area (TPSA) is 91.5 Å². The Morgan fingerprint density at radius 3 is 1.72 bits per heavy atom. The van der Waals surface area contributed by atoms with Crippen LogP contribution in [-0.2, 0) is 0 Å². The van der Waals surface area contributed by atoms with Crippen LogP contribution < -0.4 is 0 Å². The number of hydrogen-bond acceptors (Lipinski definition) is 4. The van der Waals surface area contributed by atoms with Crippen LogP contribution in [0.5, 0.6) is 0 Å². The lowest BCUT2D eigenvalue weighted by Gasteiger charge is -2.03. The molecule has 0 saturated carbocycles. The number of H-pyrrole nitrogens is 2. The number of pyridine rings is 2. The van der Waals surface area contributed by atoms with E-state index < -0.39 is 0 Å². The Bertz CT molecular complexity index is 1300. The summed E-state index contributed by atoms with van der Waals surface area (Å²) in [6.07, 6.45) is 3.29. The second-order valence-electron chi connectivity index (χ2n) is 6.32. The lowest BCUT2D eigenvalue weighted by Crippen LogP contribution is -1.94. The molecule has 2 N–H and O–H groups in total. The molecule has 5 aromatic rings. The molecule has 4 aromatic heterocycles. The summed E-state index contributed by atoms with van der Waals surface area (Å²) >= 11 is 0. The van der Waals surface area contributed by atoms with E-state index in [1.807, 2.05) is 24.3 Å².